The molecule has 0 spiro atoms. The predicted octanol–water partition coefficient (Wildman–Crippen LogP) is 1.86. The number of likely N-dealkylation sites (tertiary alicyclic amines) is 1. The van der Waals surface area contributed by atoms with Gasteiger partial charge in [-0.05, 0) is 37.5 Å². The van der Waals surface area contributed by atoms with Crippen LogP contribution in [0.1, 0.15) is 39.0 Å². The van der Waals surface area contributed by atoms with Gasteiger partial charge in [-0.15, -0.1) is 0 Å². The number of amides is 1. The summed E-state index contributed by atoms with van der Waals surface area (Å²) in [6.45, 7) is 3.39. The number of hydrogen-bond acceptors (Lipinski definition) is 2. The van der Waals surface area contributed by atoms with E-state index in [9.17, 15) is 9.59 Å². The number of carbonyl (C=O) groups is 2. The van der Waals surface area contributed by atoms with Gasteiger partial charge >= 0.3 is 0 Å². The third-order valence-corrected chi connectivity index (χ3v) is 4.92. The molecular weight excluding hydrogens is 214 g/mol. The van der Waals surface area contributed by atoms with E-state index in [1.807, 2.05) is 11.8 Å². The zero-order valence-corrected chi connectivity index (χ0v) is 10.5. The molecule has 3 nitrogen and oxygen atoms in total. The molecule has 2 aliphatic carbocycles. The van der Waals surface area contributed by atoms with Crippen LogP contribution >= 0.6 is 0 Å². The molecule has 3 fully saturated rings. The highest BCUT2D eigenvalue weighted by Gasteiger charge is 2.49. The molecule has 1 amide bonds. The van der Waals surface area contributed by atoms with E-state index in [1.165, 1.54) is 6.42 Å². The molecule has 3 heteroatoms. The summed E-state index contributed by atoms with van der Waals surface area (Å²) in [6.07, 6.45) is 5.04. The Balaban J connectivity index is 1.60. The van der Waals surface area contributed by atoms with Crippen LogP contribution in [0.15, 0.2) is 0 Å². The van der Waals surface area contributed by atoms with Crippen molar-refractivity contribution in [2.24, 2.45) is 23.7 Å². The Bertz CT molecular complexity index is 342. The monoisotopic (exact) mass is 235 g/mol. The molecule has 3 aliphatic rings. The van der Waals surface area contributed by atoms with Crippen LogP contribution in [0.2, 0.25) is 0 Å². The quantitative estimate of drug-likeness (QED) is 0.732. The van der Waals surface area contributed by atoms with Gasteiger partial charge in [-0.25, -0.2) is 0 Å². The minimum atomic E-state index is 0.101. The summed E-state index contributed by atoms with van der Waals surface area (Å²) in [5, 5.41) is 0. The normalized spacial score (nSPS) is 40.3. The van der Waals surface area contributed by atoms with Gasteiger partial charge in [-0.2, -0.15) is 0 Å². The predicted molar refractivity (Wildman–Crippen MR) is 64.3 cm³/mol. The summed E-state index contributed by atoms with van der Waals surface area (Å²) in [4.78, 5) is 25.9. The summed E-state index contributed by atoms with van der Waals surface area (Å²) in [5.41, 5.74) is 0. The number of Topliss-reactive ketones (excluding diaryl/α,β-unsaturated/α-hetero) is 1. The van der Waals surface area contributed by atoms with Crippen molar-refractivity contribution >= 4 is 11.7 Å². The van der Waals surface area contributed by atoms with Crippen molar-refractivity contribution in [1.82, 2.24) is 4.90 Å². The molecule has 3 rings (SSSR count). The molecule has 0 aromatic heterocycles. The van der Waals surface area contributed by atoms with E-state index in [0.29, 0.717) is 31.2 Å². The molecule has 1 saturated heterocycles. The van der Waals surface area contributed by atoms with Crippen molar-refractivity contribution in [3.8, 4) is 0 Å². The van der Waals surface area contributed by atoms with Crippen molar-refractivity contribution in [2.45, 2.75) is 39.0 Å². The van der Waals surface area contributed by atoms with Crippen LogP contribution < -0.4 is 0 Å². The van der Waals surface area contributed by atoms with Crippen LogP contribution in [0.5, 0.6) is 0 Å². The van der Waals surface area contributed by atoms with Gasteiger partial charge in [0.2, 0.25) is 5.91 Å². The lowest BCUT2D eigenvalue weighted by Crippen LogP contribution is -2.46. The lowest BCUT2D eigenvalue weighted by Gasteiger charge is -2.33. The molecule has 3 atom stereocenters. The number of ketones is 1. The fraction of sp³-hybridized carbons (Fsp3) is 0.857. The van der Waals surface area contributed by atoms with Crippen LogP contribution in [0.4, 0.5) is 0 Å². The SMILES string of the molecule is CCC1CN(C(=O)C2CC3CC3C2)CCC1=O. The first-order valence-corrected chi connectivity index (χ1v) is 7.00. The maximum Gasteiger partial charge on any atom is 0.225 e. The Morgan fingerprint density at radius 2 is 2.00 bits per heavy atom. The Kier molecular flexibility index (Phi) is 2.72. The van der Waals surface area contributed by atoms with Crippen LogP contribution in [-0.2, 0) is 9.59 Å². The van der Waals surface area contributed by atoms with Crippen molar-refractivity contribution in [1.29, 1.82) is 0 Å². The van der Waals surface area contributed by atoms with Gasteiger partial charge in [0.05, 0.1) is 0 Å². The highest BCUT2D eigenvalue weighted by Crippen LogP contribution is 2.54. The Morgan fingerprint density at radius 3 is 2.65 bits per heavy atom. The van der Waals surface area contributed by atoms with Crippen molar-refractivity contribution in [3.05, 3.63) is 0 Å². The van der Waals surface area contributed by atoms with Crippen LogP contribution in [0.25, 0.3) is 0 Å². The number of fused-ring (bicyclic) bond motifs is 1. The van der Waals surface area contributed by atoms with Crippen LogP contribution in [0, 0.1) is 23.7 Å². The van der Waals surface area contributed by atoms with Crippen LogP contribution in [0.3, 0.4) is 0 Å². The lowest BCUT2D eigenvalue weighted by atomic mass is 9.92. The summed E-state index contributed by atoms with van der Waals surface area (Å²) in [5.74, 6) is 2.79. The molecule has 94 valence electrons. The Morgan fingerprint density at radius 1 is 1.29 bits per heavy atom. The second kappa shape index (κ2) is 4.11. The van der Waals surface area contributed by atoms with E-state index < -0.39 is 0 Å². The van der Waals surface area contributed by atoms with Gasteiger partial charge in [0.1, 0.15) is 5.78 Å². The first-order valence-electron chi connectivity index (χ1n) is 7.00. The lowest BCUT2D eigenvalue weighted by molar-refractivity contribution is -0.140. The Hall–Kier alpha value is -0.860. The number of nitrogens with zero attached hydrogens (tertiary/aromatic N) is 1. The van der Waals surface area contributed by atoms with Gasteiger partial charge < -0.3 is 4.90 Å². The molecule has 0 aromatic carbocycles. The first-order chi connectivity index (χ1) is 8.19. The molecule has 0 N–H and O–H groups in total. The highest BCUT2D eigenvalue weighted by molar-refractivity contribution is 5.86. The molecule has 3 unspecified atom stereocenters. The van der Waals surface area contributed by atoms with E-state index >= 15 is 0 Å². The molecule has 1 heterocycles. The smallest absolute Gasteiger partial charge is 0.225 e. The van der Waals surface area contributed by atoms with Crippen LogP contribution in [-0.4, -0.2) is 29.7 Å². The van der Waals surface area contributed by atoms with E-state index in [1.54, 1.807) is 0 Å². The molecule has 17 heavy (non-hydrogen) atoms. The average Bonchev–Trinajstić information content (AvgIpc) is 2.96. The largest absolute Gasteiger partial charge is 0.341 e. The fourth-order valence-electron chi connectivity index (χ4n) is 3.64. The molecule has 2 saturated carbocycles. The second-order valence-electron chi connectivity index (χ2n) is 6.03. The summed E-state index contributed by atoms with van der Waals surface area (Å²) in [6, 6.07) is 0. The van der Waals surface area contributed by atoms with Gasteiger partial charge in [-0.1, -0.05) is 6.92 Å². The zero-order chi connectivity index (χ0) is 12.0. The minimum Gasteiger partial charge on any atom is -0.341 e. The zero-order valence-electron chi connectivity index (χ0n) is 10.5. The van der Waals surface area contributed by atoms with Gasteiger partial charge in [0, 0.05) is 31.3 Å². The van der Waals surface area contributed by atoms with Crippen molar-refractivity contribution < 1.29 is 9.59 Å². The minimum absolute atomic E-state index is 0.101. The second-order valence-corrected chi connectivity index (χ2v) is 6.03. The van der Waals surface area contributed by atoms with Gasteiger partial charge in [0.15, 0.2) is 0 Å². The van der Waals surface area contributed by atoms with Gasteiger partial charge in [-0.3, -0.25) is 9.59 Å². The van der Waals surface area contributed by atoms with Crippen molar-refractivity contribution in [3.63, 3.8) is 0 Å². The van der Waals surface area contributed by atoms with E-state index in [0.717, 1.165) is 31.1 Å². The van der Waals surface area contributed by atoms with E-state index in [2.05, 4.69) is 0 Å². The topological polar surface area (TPSA) is 37.4 Å². The number of rotatable bonds is 2. The number of piperidine rings is 1. The standard InChI is InChI=1S/C14H21NO2/c1-2-9-8-15(4-3-13(9)16)14(17)12-6-10-5-11(10)7-12/h9-12H,2-8H2,1H3. The number of hydrogen-bond donors (Lipinski definition) is 0. The molecule has 0 radical (unpaired) electrons. The van der Waals surface area contributed by atoms with E-state index in [-0.39, 0.29) is 11.8 Å². The third-order valence-electron chi connectivity index (χ3n) is 4.92. The molecule has 0 bridgehead atoms. The third kappa shape index (κ3) is 2.00. The first kappa shape index (κ1) is 11.2. The Labute approximate surface area is 103 Å². The van der Waals surface area contributed by atoms with Crippen molar-refractivity contribution in [2.75, 3.05) is 13.1 Å². The molecule has 0 aromatic rings. The fourth-order valence-corrected chi connectivity index (χ4v) is 3.64. The summed E-state index contributed by atoms with van der Waals surface area (Å²) < 4.78 is 0. The van der Waals surface area contributed by atoms with Gasteiger partial charge in [0.25, 0.3) is 0 Å². The summed E-state index contributed by atoms with van der Waals surface area (Å²) in [7, 11) is 0. The maximum atomic E-state index is 12.3. The highest BCUT2D eigenvalue weighted by atomic mass is 16.2. The molecule has 1 aliphatic heterocycles. The maximum absolute atomic E-state index is 12.3. The summed E-state index contributed by atoms with van der Waals surface area (Å²) >= 11 is 0. The molecular formula is C14H21NO2. The number of carbonyl (C=O) groups excluding carboxylic acids is 2. The average molecular weight is 235 g/mol. The van der Waals surface area contributed by atoms with E-state index in [4.69, 9.17) is 0 Å².